The molecule has 6 aliphatic carbocycles. The Bertz CT molecular complexity index is 1270. The minimum Gasteiger partial charge on any atom is -0.457 e. The molecule has 8 rings (SSSR count). The maximum atomic E-state index is 12.7. The lowest BCUT2D eigenvalue weighted by Crippen LogP contribution is -2.42. The Kier molecular flexibility index (Phi) is 5.34. The molecule has 0 N–H and O–H groups in total. The van der Waals surface area contributed by atoms with E-state index in [4.69, 9.17) is 4.74 Å². The van der Waals surface area contributed by atoms with Crippen molar-refractivity contribution >= 4 is 11.6 Å². The Morgan fingerprint density at radius 3 is 1.54 bits per heavy atom. The van der Waals surface area contributed by atoms with E-state index in [1.165, 1.54) is 35.1 Å². The van der Waals surface area contributed by atoms with Crippen molar-refractivity contribution in [2.24, 2.45) is 34.5 Å². The monoisotopic (exact) mass is 522 g/mol. The van der Waals surface area contributed by atoms with Crippen LogP contribution in [0.2, 0.25) is 0 Å². The van der Waals surface area contributed by atoms with Crippen LogP contribution in [-0.4, -0.2) is 11.6 Å². The number of fused-ring (bicyclic) bond motifs is 10. The lowest BCUT2D eigenvalue weighted by atomic mass is 9.55. The van der Waals surface area contributed by atoms with Crippen molar-refractivity contribution in [3.63, 3.8) is 0 Å². The number of hydrogen-bond acceptors (Lipinski definition) is 3. The Morgan fingerprint density at radius 1 is 0.615 bits per heavy atom. The summed E-state index contributed by atoms with van der Waals surface area (Å²) in [4.78, 5) is 25.3. The summed E-state index contributed by atoms with van der Waals surface area (Å²) >= 11 is 0. The lowest BCUT2D eigenvalue weighted by Gasteiger charge is -2.48. The van der Waals surface area contributed by atoms with Crippen LogP contribution in [0.4, 0.5) is 0 Å². The lowest BCUT2D eigenvalue weighted by molar-refractivity contribution is -0.130. The molecule has 3 nitrogen and oxygen atoms in total. The highest BCUT2D eigenvalue weighted by atomic mass is 16.5. The van der Waals surface area contributed by atoms with Crippen LogP contribution in [-0.2, 0) is 22.4 Å². The molecule has 0 spiro atoms. The summed E-state index contributed by atoms with van der Waals surface area (Å²) in [7, 11) is 0. The first-order chi connectivity index (χ1) is 18.8. The van der Waals surface area contributed by atoms with Crippen molar-refractivity contribution in [2.45, 2.75) is 103 Å². The van der Waals surface area contributed by atoms with E-state index in [1.807, 2.05) is 0 Å². The van der Waals surface area contributed by atoms with Gasteiger partial charge in [-0.15, -0.1) is 0 Å². The molecule has 0 saturated heterocycles. The summed E-state index contributed by atoms with van der Waals surface area (Å²) in [5, 5.41) is 0. The van der Waals surface area contributed by atoms with Gasteiger partial charge in [0.25, 0.3) is 0 Å². The Morgan fingerprint density at radius 2 is 1.08 bits per heavy atom. The van der Waals surface area contributed by atoms with Gasteiger partial charge in [-0.3, -0.25) is 9.59 Å². The predicted octanol–water partition coefficient (Wildman–Crippen LogP) is 8.33. The minimum atomic E-state index is -0.0555. The van der Waals surface area contributed by atoms with Gasteiger partial charge in [0.1, 0.15) is 23.1 Å². The Labute approximate surface area is 233 Å². The van der Waals surface area contributed by atoms with Crippen LogP contribution in [0.5, 0.6) is 11.5 Å². The van der Waals surface area contributed by atoms with Crippen LogP contribution in [0.25, 0.3) is 0 Å². The van der Waals surface area contributed by atoms with Crippen molar-refractivity contribution in [2.75, 3.05) is 0 Å². The fourth-order valence-electron chi connectivity index (χ4n) is 10.9. The third kappa shape index (κ3) is 3.47. The molecule has 2 aromatic rings. The minimum absolute atomic E-state index is 0.0555. The molecule has 204 valence electrons. The van der Waals surface area contributed by atoms with Gasteiger partial charge in [-0.2, -0.15) is 0 Å². The number of carbonyl (C=O) groups is 2. The highest BCUT2D eigenvalue weighted by Gasteiger charge is 2.55. The van der Waals surface area contributed by atoms with Crippen LogP contribution < -0.4 is 4.74 Å². The molecule has 0 amide bonds. The van der Waals surface area contributed by atoms with Crippen LogP contribution in [0.3, 0.4) is 0 Å². The quantitative estimate of drug-likeness (QED) is 0.398. The van der Waals surface area contributed by atoms with Crippen LogP contribution in [0.1, 0.15) is 112 Å². The van der Waals surface area contributed by atoms with E-state index in [2.05, 4.69) is 50.2 Å². The van der Waals surface area contributed by atoms with E-state index in [9.17, 15) is 9.59 Å². The second-order valence-corrected chi connectivity index (χ2v) is 14.5. The van der Waals surface area contributed by atoms with Gasteiger partial charge in [-0.05, 0) is 146 Å². The van der Waals surface area contributed by atoms with Gasteiger partial charge >= 0.3 is 0 Å². The zero-order chi connectivity index (χ0) is 26.5. The Hall–Kier alpha value is -2.42. The van der Waals surface area contributed by atoms with Gasteiger partial charge in [0.05, 0.1) is 0 Å². The molecule has 8 atom stereocenters. The van der Waals surface area contributed by atoms with Crippen LogP contribution in [0.15, 0.2) is 36.4 Å². The van der Waals surface area contributed by atoms with Crippen molar-refractivity contribution in [1.82, 2.24) is 0 Å². The number of benzene rings is 2. The molecule has 0 bridgehead atoms. The molecule has 4 saturated carbocycles. The van der Waals surface area contributed by atoms with Crippen molar-refractivity contribution in [1.29, 1.82) is 0 Å². The fourth-order valence-corrected chi connectivity index (χ4v) is 10.9. The number of Topliss-reactive ketones (excluding diaryl/α,β-unsaturated/α-hetero) is 2. The number of aryl methyl sites for hydroxylation is 2. The van der Waals surface area contributed by atoms with E-state index in [0.29, 0.717) is 47.1 Å². The normalized spacial score (nSPS) is 40.2. The van der Waals surface area contributed by atoms with Gasteiger partial charge in [0.15, 0.2) is 0 Å². The third-order valence-electron chi connectivity index (χ3n) is 13.0. The highest BCUT2D eigenvalue weighted by molar-refractivity contribution is 5.87. The summed E-state index contributed by atoms with van der Waals surface area (Å²) in [6, 6.07) is 13.6. The Balaban J connectivity index is 1.01. The van der Waals surface area contributed by atoms with Gasteiger partial charge in [-0.25, -0.2) is 0 Å². The number of hydrogen-bond donors (Lipinski definition) is 0. The van der Waals surface area contributed by atoms with E-state index < -0.39 is 0 Å². The molecule has 0 aliphatic heterocycles. The average molecular weight is 523 g/mol. The first-order valence-corrected chi connectivity index (χ1v) is 15.9. The molecular formula is C36H42O3. The summed E-state index contributed by atoms with van der Waals surface area (Å²) < 4.78 is 6.49. The predicted molar refractivity (Wildman–Crippen MR) is 152 cm³/mol. The molecule has 39 heavy (non-hydrogen) atoms. The summed E-state index contributed by atoms with van der Waals surface area (Å²) in [6.45, 7) is 4.52. The van der Waals surface area contributed by atoms with Crippen molar-refractivity contribution in [3.05, 3.63) is 58.7 Å². The summed E-state index contributed by atoms with van der Waals surface area (Å²) in [5.41, 5.74) is 5.84. The molecule has 0 aromatic heterocycles. The number of ether oxygens (including phenoxy) is 1. The van der Waals surface area contributed by atoms with Crippen LogP contribution in [0, 0.1) is 34.5 Å². The highest BCUT2D eigenvalue weighted by Crippen LogP contribution is 2.61. The topological polar surface area (TPSA) is 43.4 Å². The maximum absolute atomic E-state index is 12.7. The molecule has 3 heteroatoms. The molecule has 0 radical (unpaired) electrons. The number of rotatable bonds is 2. The second-order valence-electron chi connectivity index (χ2n) is 14.5. The first-order valence-electron chi connectivity index (χ1n) is 15.9. The zero-order valence-electron chi connectivity index (χ0n) is 23.6. The van der Waals surface area contributed by atoms with Crippen molar-refractivity contribution in [3.8, 4) is 11.5 Å². The number of ketones is 2. The molecule has 6 aliphatic rings. The molecule has 2 aromatic carbocycles. The first kappa shape index (κ1) is 24.4. The molecule has 0 heterocycles. The van der Waals surface area contributed by atoms with Gasteiger partial charge in [-0.1, -0.05) is 26.0 Å². The molecule has 6 unspecified atom stereocenters. The van der Waals surface area contributed by atoms with Gasteiger partial charge in [0.2, 0.25) is 0 Å². The molecular weight excluding hydrogens is 480 g/mol. The van der Waals surface area contributed by atoms with Crippen LogP contribution >= 0.6 is 0 Å². The van der Waals surface area contributed by atoms with Gasteiger partial charge < -0.3 is 4.74 Å². The summed E-state index contributed by atoms with van der Waals surface area (Å²) in [5.74, 6) is 6.66. The van der Waals surface area contributed by atoms with E-state index in [-0.39, 0.29) is 10.8 Å². The second kappa shape index (κ2) is 8.54. The summed E-state index contributed by atoms with van der Waals surface area (Å²) in [6.07, 6.45) is 12.8. The molecule has 4 fully saturated rings. The SMILES string of the molecule is C[C@]12CCC3c4ccc(Oc5ccc6c(c5)CCC5C6CC[C@]6(C)C(=O)CCC56)cc4CCC3C1CCC2=O. The zero-order valence-corrected chi connectivity index (χ0v) is 23.6. The smallest absolute Gasteiger partial charge is 0.139 e. The van der Waals surface area contributed by atoms with E-state index in [0.717, 1.165) is 75.7 Å². The van der Waals surface area contributed by atoms with Crippen molar-refractivity contribution < 1.29 is 14.3 Å². The largest absolute Gasteiger partial charge is 0.457 e. The van der Waals surface area contributed by atoms with E-state index >= 15 is 0 Å². The fraction of sp³-hybridized carbons (Fsp3) is 0.611. The average Bonchev–Trinajstić information content (AvgIpc) is 3.42. The standard InChI is InChI=1S/C36H42O3/c1-35-17-15-27-25-9-5-23(19-21(25)3-7-29(27)31(35)11-13-33(35)37)39-24-6-10-26-22(20-24)4-8-30-28(26)16-18-36(2)32(30)12-14-34(36)38/h5-6,9-10,19-20,27-32H,3-4,7-8,11-18H2,1-2H3/t27?,28?,29?,30?,31?,32?,35-,36-/m0/s1. The maximum Gasteiger partial charge on any atom is 0.139 e. The van der Waals surface area contributed by atoms with E-state index in [1.54, 1.807) is 0 Å². The van der Waals surface area contributed by atoms with Gasteiger partial charge in [0, 0.05) is 23.7 Å². The number of carbonyl (C=O) groups excluding carboxylic acids is 2. The third-order valence-corrected chi connectivity index (χ3v) is 13.0.